The van der Waals surface area contributed by atoms with Crippen LogP contribution in [0.2, 0.25) is 0 Å². The van der Waals surface area contributed by atoms with Gasteiger partial charge in [-0.15, -0.1) is 11.6 Å². The molecule has 1 N–H and O–H groups in total. The monoisotopic (exact) mass is 166 g/mol. The predicted octanol–water partition coefficient (Wildman–Crippen LogP) is 0.00150. The molecule has 0 amide bonds. The zero-order valence-corrected chi connectivity index (χ0v) is 6.38. The molecule has 1 aliphatic rings. The minimum atomic E-state index is -0.492. The van der Waals surface area contributed by atoms with Crippen molar-refractivity contribution in [2.45, 2.75) is 12.2 Å². The van der Waals surface area contributed by atoms with Crippen molar-refractivity contribution in [1.82, 2.24) is 0 Å². The third-order valence-electron chi connectivity index (χ3n) is 1.31. The molecule has 10 heavy (non-hydrogen) atoms. The van der Waals surface area contributed by atoms with Gasteiger partial charge >= 0.3 is 0 Å². The van der Waals surface area contributed by atoms with Crippen LogP contribution in [0.1, 0.15) is 0 Å². The molecule has 1 aliphatic heterocycles. The maximum atomic E-state index is 9.01. The van der Waals surface area contributed by atoms with Gasteiger partial charge in [-0.1, -0.05) is 0 Å². The SMILES string of the molecule is OC1COCC(CCl)OC1. The number of aliphatic hydroxyl groups excluding tert-OH is 1. The number of rotatable bonds is 1. The van der Waals surface area contributed by atoms with Crippen LogP contribution in [-0.2, 0) is 9.47 Å². The largest absolute Gasteiger partial charge is 0.388 e. The molecule has 4 heteroatoms. The van der Waals surface area contributed by atoms with Gasteiger partial charge in [0.25, 0.3) is 0 Å². The Hall–Kier alpha value is 0.170. The first kappa shape index (κ1) is 8.27. The molecule has 0 spiro atoms. The van der Waals surface area contributed by atoms with Gasteiger partial charge in [-0.3, -0.25) is 0 Å². The molecule has 0 radical (unpaired) electrons. The minimum absolute atomic E-state index is 0.0567. The summed E-state index contributed by atoms with van der Waals surface area (Å²) >= 11 is 5.51. The van der Waals surface area contributed by atoms with Crippen molar-refractivity contribution in [3.63, 3.8) is 0 Å². The fourth-order valence-corrected chi connectivity index (χ4v) is 0.946. The lowest BCUT2D eigenvalue weighted by molar-refractivity contribution is 0.0229. The molecule has 1 rings (SSSR count). The molecule has 0 aromatic carbocycles. The lowest BCUT2D eigenvalue weighted by Crippen LogP contribution is -2.20. The molecule has 3 nitrogen and oxygen atoms in total. The van der Waals surface area contributed by atoms with Gasteiger partial charge in [-0.05, 0) is 0 Å². The van der Waals surface area contributed by atoms with Gasteiger partial charge in [0, 0.05) is 0 Å². The van der Waals surface area contributed by atoms with Crippen molar-refractivity contribution in [1.29, 1.82) is 0 Å². The van der Waals surface area contributed by atoms with Gasteiger partial charge in [0.15, 0.2) is 0 Å². The highest BCUT2D eigenvalue weighted by molar-refractivity contribution is 6.18. The zero-order valence-electron chi connectivity index (χ0n) is 5.62. The maximum absolute atomic E-state index is 9.01. The fraction of sp³-hybridized carbons (Fsp3) is 1.00. The first-order chi connectivity index (χ1) is 4.83. The Balaban J connectivity index is 2.26. The number of aliphatic hydroxyl groups is 1. The van der Waals surface area contributed by atoms with Crippen LogP contribution in [0.25, 0.3) is 0 Å². The molecule has 0 saturated carbocycles. The van der Waals surface area contributed by atoms with E-state index in [1.54, 1.807) is 0 Å². The normalized spacial score (nSPS) is 35.4. The number of halogens is 1. The fourth-order valence-electron chi connectivity index (χ4n) is 0.768. The van der Waals surface area contributed by atoms with Crippen molar-refractivity contribution in [2.75, 3.05) is 25.7 Å². The molecule has 1 heterocycles. The van der Waals surface area contributed by atoms with Gasteiger partial charge in [-0.25, -0.2) is 0 Å². The van der Waals surface area contributed by atoms with Crippen molar-refractivity contribution < 1.29 is 14.6 Å². The Kier molecular flexibility index (Phi) is 3.42. The first-order valence-electron chi connectivity index (χ1n) is 3.26. The molecule has 60 valence electrons. The van der Waals surface area contributed by atoms with Crippen LogP contribution in [0.5, 0.6) is 0 Å². The Morgan fingerprint density at radius 3 is 2.90 bits per heavy atom. The van der Waals surface area contributed by atoms with Gasteiger partial charge in [0.05, 0.1) is 31.8 Å². The van der Waals surface area contributed by atoms with E-state index in [4.69, 9.17) is 26.2 Å². The second kappa shape index (κ2) is 4.13. The second-order valence-corrected chi connectivity index (χ2v) is 2.61. The molecule has 0 bridgehead atoms. The highest BCUT2D eigenvalue weighted by atomic mass is 35.5. The first-order valence-corrected chi connectivity index (χ1v) is 3.79. The van der Waals surface area contributed by atoms with E-state index in [1.165, 1.54) is 0 Å². The molecule has 1 saturated heterocycles. The molecule has 0 aromatic rings. The van der Waals surface area contributed by atoms with Crippen molar-refractivity contribution in [3.8, 4) is 0 Å². The van der Waals surface area contributed by atoms with E-state index in [2.05, 4.69) is 0 Å². The smallest absolute Gasteiger partial charge is 0.101 e. The Labute approximate surface area is 64.9 Å². The van der Waals surface area contributed by atoms with Crippen LogP contribution >= 0.6 is 11.6 Å². The summed E-state index contributed by atoms with van der Waals surface area (Å²) in [6.07, 6.45) is -0.549. The van der Waals surface area contributed by atoms with Gasteiger partial charge in [0.2, 0.25) is 0 Å². The van der Waals surface area contributed by atoms with E-state index in [9.17, 15) is 0 Å². The van der Waals surface area contributed by atoms with Crippen LogP contribution in [0.15, 0.2) is 0 Å². The highest BCUT2D eigenvalue weighted by Crippen LogP contribution is 2.03. The molecule has 2 unspecified atom stereocenters. The number of alkyl halides is 1. The average molecular weight is 167 g/mol. The van der Waals surface area contributed by atoms with Crippen LogP contribution in [0.3, 0.4) is 0 Å². The summed E-state index contributed by atoms with van der Waals surface area (Å²) in [6, 6.07) is 0. The van der Waals surface area contributed by atoms with E-state index in [0.717, 1.165) is 0 Å². The number of hydrogen-bond acceptors (Lipinski definition) is 3. The van der Waals surface area contributed by atoms with E-state index in [0.29, 0.717) is 25.7 Å². The number of ether oxygens (including phenoxy) is 2. The van der Waals surface area contributed by atoms with E-state index in [1.807, 2.05) is 0 Å². The third-order valence-corrected chi connectivity index (χ3v) is 1.65. The Bertz CT molecular complexity index is 99.0. The number of hydrogen-bond donors (Lipinski definition) is 1. The van der Waals surface area contributed by atoms with Crippen LogP contribution in [0.4, 0.5) is 0 Å². The highest BCUT2D eigenvalue weighted by Gasteiger charge is 2.16. The second-order valence-electron chi connectivity index (χ2n) is 2.30. The molecule has 1 fully saturated rings. The predicted molar refractivity (Wildman–Crippen MR) is 37.3 cm³/mol. The van der Waals surface area contributed by atoms with Crippen LogP contribution in [-0.4, -0.2) is 43.0 Å². The van der Waals surface area contributed by atoms with Gasteiger partial charge < -0.3 is 14.6 Å². The summed E-state index contributed by atoms with van der Waals surface area (Å²) in [7, 11) is 0. The topological polar surface area (TPSA) is 38.7 Å². The maximum Gasteiger partial charge on any atom is 0.101 e. The van der Waals surface area contributed by atoms with Gasteiger partial charge in [0.1, 0.15) is 6.10 Å². The van der Waals surface area contributed by atoms with Crippen molar-refractivity contribution in [3.05, 3.63) is 0 Å². The lowest BCUT2D eigenvalue weighted by Gasteiger charge is -2.09. The summed E-state index contributed by atoms with van der Waals surface area (Å²) in [5.41, 5.74) is 0. The summed E-state index contributed by atoms with van der Waals surface area (Å²) in [5, 5.41) is 9.01. The van der Waals surface area contributed by atoms with Gasteiger partial charge in [-0.2, -0.15) is 0 Å². The Morgan fingerprint density at radius 2 is 2.20 bits per heavy atom. The summed E-state index contributed by atoms with van der Waals surface area (Å²) < 4.78 is 10.2. The zero-order chi connectivity index (χ0) is 7.40. The van der Waals surface area contributed by atoms with E-state index < -0.39 is 6.10 Å². The van der Waals surface area contributed by atoms with E-state index in [-0.39, 0.29) is 6.10 Å². The van der Waals surface area contributed by atoms with Crippen LogP contribution in [0, 0.1) is 0 Å². The molecular formula is C6H11ClO3. The standard InChI is InChI=1S/C6H11ClO3/c7-1-6-4-9-2-5(8)3-10-6/h5-6,8H,1-4H2. The molecular weight excluding hydrogens is 156 g/mol. The lowest BCUT2D eigenvalue weighted by atomic mass is 10.4. The average Bonchev–Trinajstić information content (AvgIpc) is 2.14. The minimum Gasteiger partial charge on any atom is -0.388 e. The van der Waals surface area contributed by atoms with Crippen molar-refractivity contribution in [2.24, 2.45) is 0 Å². The molecule has 0 aromatic heterocycles. The molecule has 2 atom stereocenters. The third kappa shape index (κ3) is 2.42. The van der Waals surface area contributed by atoms with E-state index >= 15 is 0 Å². The van der Waals surface area contributed by atoms with Crippen molar-refractivity contribution >= 4 is 11.6 Å². The van der Waals surface area contributed by atoms with Crippen LogP contribution < -0.4 is 0 Å². The quantitative estimate of drug-likeness (QED) is 0.558. The summed E-state index contributed by atoms with van der Waals surface area (Å²) in [6.45, 7) is 1.17. The molecule has 0 aliphatic carbocycles. The summed E-state index contributed by atoms with van der Waals surface area (Å²) in [4.78, 5) is 0. The Morgan fingerprint density at radius 1 is 1.40 bits per heavy atom. The summed E-state index contributed by atoms with van der Waals surface area (Å²) in [5.74, 6) is 0.423.